The molecule has 0 spiro atoms. The van der Waals surface area contributed by atoms with Gasteiger partial charge in [-0.15, -0.1) is 0 Å². The van der Waals surface area contributed by atoms with Crippen molar-refractivity contribution in [3.63, 3.8) is 0 Å². The Labute approximate surface area is 163 Å². The second-order valence-corrected chi connectivity index (χ2v) is 5.51. The Balaban J connectivity index is 1.74. The molecule has 0 fully saturated rings. The van der Waals surface area contributed by atoms with Gasteiger partial charge in [0.2, 0.25) is 0 Å². The van der Waals surface area contributed by atoms with E-state index in [-0.39, 0.29) is 6.61 Å². The fraction of sp³-hybridized carbons (Fsp3) is 0.300. The second kappa shape index (κ2) is 11.5. The van der Waals surface area contributed by atoms with Crippen molar-refractivity contribution >= 4 is 11.8 Å². The summed E-state index contributed by atoms with van der Waals surface area (Å²) in [5.74, 6) is 0.626. The molecular formula is C20H24N2O6. The standard InChI is InChI=1S/C20H24N2O6/c1-3-26-12-13-27-16-10-8-15(9-11-16)20(24)22-21-19(23)14-28-18-7-5-4-6-17(18)25-2/h4-11H,3,12-14H2,1-2H3,(H,21,23)(H,22,24). The van der Waals surface area contributed by atoms with Crippen molar-refractivity contribution in [3.05, 3.63) is 54.1 Å². The lowest BCUT2D eigenvalue weighted by atomic mass is 10.2. The third-order valence-corrected chi connectivity index (χ3v) is 3.56. The van der Waals surface area contributed by atoms with Crippen LogP contribution in [0.3, 0.4) is 0 Å². The minimum Gasteiger partial charge on any atom is -0.493 e. The number of hydrogen-bond donors (Lipinski definition) is 2. The number of carbonyl (C=O) groups excluding carboxylic acids is 2. The summed E-state index contributed by atoms with van der Waals surface area (Å²) >= 11 is 0. The van der Waals surface area contributed by atoms with Crippen molar-refractivity contribution in [3.8, 4) is 17.2 Å². The summed E-state index contributed by atoms with van der Waals surface area (Å²) in [5.41, 5.74) is 5.01. The third kappa shape index (κ3) is 6.81. The quantitative estimate of drug-likeness (QED) is 0.477. The van der Waals surface area contributed by atoms with E-state index in [0.29, 0.717) is 42.6 Å². The van der Waals surface area contributed by atoms with Crippen molar-refractivity contribution < 1.29 is 28.5 Å². The molecule has 0 saturated heterocycles. The van der Waals surface area contributed by atoms with Crippen molar-refractivity contribution in [2.45, 2.75) is 6.92 Å². The number of hydrogen-bond acceptors (Lipinski definition) is 6. The topological polar surface area (TPSA) is 95.1 Å². The van der Waals surface area contributed by atoms with Crippen molar-refractivity contribution in [1.29, 1.82) is 0 Å². The number of amides is 2. The van der Waals surface area contributed by atoms with E-state index < -0.39 is 11.8 Å². The number of ether oxygens (including phenoxy) is 4. The van der Waals surface area contributed by atoms with Gasteiger partial charge >= 0.3 is 0 Å². The fourth-order valence-corrected chi connectivity index (χ4v) is 2.18. The number of rotatable bonds is 10. The first-order chi connectivity index (χ1) is 13.6. The van der Waals surface area contributed by atoms with Crippen LogP contribution in [-0.2, 0) is 9.53 Å². The van der Waals surface area contributed by atoms with E-state index in [4.69, 9.17) is 18.9 Å². The van der Waals surface area contributed by atoms with Gasteiger partial charge in [-0.1, -0.05) is 12.1 Å². The number of hydrazine groups is 1. The lowest BCUT2D eigenvalue weighted by molar-refractivity contribution is -0.123. The lowest BCUT2D eigenvalue weighted by Gasteiger charge is -2.11. The van der Waals surface area contributed by atoms with Gasteiger partial charge < -0.3 is 18.9 Å². The van der Waals surface area contributed by atoms with Gasteiger partial charge in [0, 0.05) is 12.2 Å². The van der Waals surface area contributed by atoms with Gasteiger partial charge in [0.1, 0.15) is 12.4 Å². The first kappa shape index (κ1) is 21.0. The molecule has 0 atom stereocenters. The first-order valence-corrected chi connectivity index (χ1v) is 8.79. The van der Waals surface area contributed by atoms with E-state index in [1.165, 1.54) is 7.11 Å². The first-order valence-electron chi connectivity index (χ1n) is 8.79. The van der Waals surface area contributed by atoms with Crippen LogP contribution in [0.5, 0.6) is 17.2 Å². The average Bonchev–Trinajstić information content (AvgIpc) is 2.74. The highest BCUT2D eigenvalue weighted by Crippen LogP contribution is 2.25. The summed E-state index contributed by atoms with van der Waals surface area (Å²) in [6.07, 6.45) is 0. The molecule has 0 bridgehead atoms. The van der Waals surface area contributed by atoms with E-state index in [0.717, 1.165) is 0 Å². The maximum Gasteiger partial charge on any atom is 0.276 e. The van der Waals surface area contributed by atoms with Gasteiger partial charge in [-0.05, 0) is 43.3 Å². The van der Waals surface area contributed by atoms with E-state index in [2.05, 4.69) is 10.9 Å². The highest BCUT2D eigenvalue weighted by Gasteiger charge is 2.10. The molecule has 0 radical (unpaired) electrons. The van der Waals surface area contributed by atoms with Gasteiger partial charge in [-0.3, -0.25) is 20.4 Å². The summed E-state index contributed by atoms with van der Waals surface area (Å²) in [6.45, 7) is 3.21. The Morgan fingerprint density at radius 3 is 2.29 bits per heavy atom. The van der Waals surface area contributed by atoms with Crippen LogP contribution in [0.4, 0.5) is 0 Å². The van der Waals surface area contributed by atoms with Crippen LogP contribution in [0.15, 0.2) is 48.5 Å². The molecule has 2 N–H and O–H groups in total. The Bertz CT molecular complexity index is 764. The SMILES string of the molecule is CCOCCOc1ccc(C(=O)NNC(=O)COc2ccccc2OC)cc1. The molecule has 8 heteroatoms. The highest BCUT2D eigenvalue weighted by atomic mass is 16.5. The van der Waals surface area contributed by atoms with Crippen molar-refractivity contribution in [2.75, 3.05) is 33.5 Å². The molecule has 28 heavy (non-hydrogen) atoms. The summed E-state index contributed by atoms with van der Waals surface area (Å²) in [5, 5.41) is 0. The second-order valence-electron chi connectivity index (χ2n) is 5.51. The van der Waals surface area contributed by atoms with Gasteiger partial charge in [0.15, 0.2) is 18.1 Å². The van der Waals surface area contributed by atoms with Crippen LogP contribution in [0.1, 0.15) is 17.3 Å². The zero-order valence-electron chi connectivity index (χ0n) is 15.9. The number of benzene rings is 2. The normalized spacial score (nSPS) is 10.1. The molecule has 0 heterocycles. The lowest BCUT2D eigenvalue weighted by Crippen LogP contribution is -2.43. The predicted octanol–water partition coefficient (Wildman–Crippen LogP) is 1.95. The molecule has 0 aliphatic rings. The Kier molecular flexibility index (Phi) is 8.61. The van der Waals surface area contributed by atoms with Gasteiger partial charge in [0.25, 0.3) is 11.8 Å². The van der Waals surface area contributed by atoms with Crippen LogP contribution in [-0.4, -0.2) is 45.4 Å². The van der Waals surface area contributed by atoms with Gasteiger partial charge in [-0.2, -0.15) is 0 Å². The number of methoxy groups -OCH3 is 1. The van der Waals surface area contributed by atoms with E-state index in [1.54, 1.807) is 48.5 Å². The predicted molar refractivity (Wildman–Crippen MR) is 103 cm³/mol. The Morgan fingerprint density at radius 1 is 0.893 bits per heavy atom. The zero-order chi connectivity index (χ0) is 20.2. The van der Waals surface area contributed by atoms with Gasteiger partial charge in [-0.25, -0.2) is 0 Å². The van der Waals surface area contributed by atoms with E-state index >= 15 is 0 Å². The number of para-hydroxylation sites is 2. The van der Waals surface area contributed by atoms with Crippen molar-refractivity contribution in [1.82, 2.24) is 10.9 Å². The molecule has 2 aromatic rings. The smallest absolute Gasteiger partial charge is 0.276 e. The monoisotopic (exact) mass is 388 g/mol. The highest BCUT2D eigenvalue weighted by molar-refractivity contribution is 5.95. The molecule has 2 amide bonds. The molecule has 0 aliphatic heterocycles. The average molecular weight is 388 g/mol. The number of nitrogens with one attached hydrogen (secondary N) is 2. The maximum absolute atomic E-state index is 12.1. The third-order valence-electron chi connectivity index (χ3n) is 3.56. The van der Waals surface area contributed by atoms with E-state index in [9.17, 15) is 9.59 Å². The fourth-order valence-electron chi connectivity index (χ4n) is 2.18. The Hall–Kier alpha value is -3.26. The van der Waals surface area contributed by atoms with Crippen LogP contribution in [0.25, 0.3) is 0 Å². The summed E-state index contributed by atoms with van der Waals surface area (Å²) < 4.78 is 21.2. The summed E-state index contributed by atoms with van der Waals surface area (Å²) in [7, 11) is 1.51. The van der Waals surface area contributed by atoms with Crippen LogP contribution in [0.2, 0.25) is 0 Å². The largest absolute Gasteiger partial charge is 0.493 e. The summed E-state index contributed by atoms with van der Waals surface area (Å²) in [4.78, 5) is 23.9. The molecule has 0 unspecified atom stereocenters. The molecular weight excluding hydrogens is 364 g/mol. The van der Waals surface area contributed by atoms with Gasteiger partial charge in [0.05, 0.1) is 13.7 Å². The molecule has 2 aromatic carbocycles. The number of carbonyl (C=O) groups is 2. The molecule has 0 saturated carbocycles. The molecule has 0 aliphatic carbocycles. The minimum atomic E-state index is -0.505. The zero-order valence-corrected chi connectivity index (χ0v) is 15.9. The minimum absolute atomic E-state index is 0.271. The van der Waals surface area contributed by atoms with Crippen LogP contribution < -0.4 is 25.1 Å². The molecule has 2 rings (SSSR count). The van der Waals surface area contributed by atoms with E-state index in [1.807, 2.05) is 6.92 Å². The molecule has 0 aromatic heterocycles. The molecule has 150 valence electrons. The van der Waals surface area contributed by atoms with Crippen molar-refractivity contribution in [2.24, 2.45) is 0 Å². The summed E-state index contributed by atoms with van der Waals surface area (Å²) in [6, 6.07) is 13.5. The van der Waals surface area contributed by atoms with Crippen LogP contribution in [0, 0.1) is 0 Å². The molecule has 8 nitrogen and oxygen atoms in total. The maximum atomic E-state index is 12.1. The Morgan fingerprint density at radius 2 is 1.61 bits per heavy atom. The van der Waals surface area contributed by atoms with Crippen LogP contribution >= 0.6 is 0 Å².